The first-order valence-electron chi connectivity index (χ1n) is 10.5. The Morgan fingerprint density at radius 1 is 1.10 bits per heavy atom. The summed E-state index contributed by atoms with van der Waals surface area (Å²) in [6.45, 7) is 2.61. The molecule has 0 amide bonds. The maximum Gasteiger partial charge on any atom is 0.167 e. The Bertz CT molecular complexity index is 979. The Hall–Kier alpha value is -2.24. The number of halogens is 1. The number of hydrogen-bond acceptors (Lipinski definition) is 5. The molecule has 0 N–H and O–H groups in total. The lowest BCUT2D eigenvalue weighted by Gasteiger charge is -2.28. The average Bonchev–Trinajstić information content (AvgIpc) is 3.23. The van der Waals surface area contributed by atoms with Gasteiger partial charge in [0.2, 0.25) is 0 Å². The molecule has 29 heavy (non-hydrogen) atoms. The Morgan fingerprint density at radius 2 is 1.93 bits per heavy atom. The van der Waals surface area contributed by atoms with Gasteiger partial charge in [0.05, 0.1) is 5.69 Å². The fourth-order valence-electron chi connectivity index (χ4n) is 4.45. The molecule has 6 heteroatoms. The fraction of sp³-hybridized carbons (Fsp3) is 0.435. The third kappa shape index (κ3) is 4.21. The lowest BCUT2D eigenvalue weighted by molar-refractivity contribution is 0.234. The summed E-state index contributed by atoms with van der Waals surface area (Å²) in [6.07, 6.45) is 9.50. The van der Waals surface area contributed by atoms with E-state index < -0.39 is 0 Å². The molecule has 3 heterocycles. The van der Waals surface area contributed by atoms with E-state index in [-0.39, 0.29) is 0 Å². The number of nitrogens with zero attached hydrogens (tertiary/aromatic N) is 4. The van der Waals surface area contributed by atoms with Gasteiger partial charge in [0.25, 0.3) is 0 Å². The van der Waals surface area contributed by atoms with Crippen LogP contribution in [0.1, 0.15) is 60.8 Å². The summed E-state index contributed by atoms with van der Waals surface area (Å²) in [5.41, 5.74) is 4.41. The van der Waals surface area contributed by atoms with Crippen LogP contribution in [0.2, 0.25) is 5.02 Å². The van der Waals surface area contributed by atoms with Crippen LogP contribution in [0, 0.1) is 0 Å². The van der Waals surface area contributed by atoms with Crippen LogP contribution in [0.5, 0.6) is 0 Å². The Kier molecular flexibility index (Phi) is 5.34. The molecule has 5 rings (SSSR count). The second kappa shape index (κ2) is 8.25. The van der Waals surface area contributed by atoms with Crippen molar-refractivity contribution < 1.29 is 4.52 Å². The van der Waals surface area contributed by atoms with E-state index >= 15 is 0 Å². The molecule has 0 radical (unpaired) electrons. The van der Waals surface area contributed by atoms with Crippen molar-refractivity contribution in [2.45, 2.75) is 57.5 Å². The van der Waals surface area contributed by atoms with Gasteiger partial charge in [-0.1, -0.05) is 36.0 Å². The highest BCUT2D eigenvalue weighted by Crippen LogP contribution is 2.31. The Morgan fingerprint density at radius 3 is 2.76 bits per heavy atom. The quantitative estimate of drug-likeness (QED) is 0.579. The first-order chi connectivity index (χ1) is 14.2. The van der Waals surface area contributed by atoms with Gasteiger partial charge in [-0.25, -0.2) is 9.97 Å². The molecule has 1 fully saturated rings. The summed E-state index contributed by atoms with van der Waals surface area (Å²) in [5, 5.41) is 4.98. The molecule has 1 aliphatic carbocycles. The van der Waals surface area contributed by atoms with Gasteiger partial charge in [0, 0.05) is 66.1 Å². The Labute approximate surface area is 176 Å². The summed E-state index contributed by atoms with van der Waals surface area (Å²) in [7, 11) is 0. The zero-order chi connectivity index (χ0) is 19.6. The number of benzene rings is 1. The number of aromatic nitrogens is 3. The van der Waals surface area contributed by atoms with Crippen molar-refractivity contribution in [2.75, 3.05) is 6.54 Å². The van der Waals surface area contributed by atoms with E-state index in [0.717, 1.165) is 48.9 Å². The van der Waals surface area contributed by atoms with Crippen molar-refractivity contribution in [1.82, 2.24) is 20.0 Å². The van der Waals surface area contributed by atoms with Crippen molar-refractivity contribution in [3.8, 4) is 11.3 Å². The lowest BCUT2D eigenvalue weighted by atomic mass is 9.88. The Balaban J connectivity index is 1.25. The molecule has 1 aliphatic heterocycles. The van der Waals surface area contributed by atoms with Crippen LogP contribution in [0.4, 0.5) is 0 Å². The standard InChI is InChI=1S/C23H25ClN4O/c24-19-8-6-16(7-9-19)22-12-20(27-29-22)15-28-11-10-21-18(14-28)13-25-23(26-21)17-4-2-1-3-5-17/h6-9,12-13,17H,1-5,10-11,14-15H2. The van der Waals surface area contributed by atoms with Crippen LogP contribution in [-0.2, 0) is 19.5 Å². The summed E-state index contributed by atoms with van der Waals surface area (Å²) < 4.78 is 5.54. The minimum Gasteiger partial charge on any atom is -0.356 e. The monoisotopic (exact) mass is 408 g/mol. The molecule has 150 valence electrons. The van der Waals surface area contributed by atoms with Crippen LogP contribution >= 0.6 is 11.6 Å². The second-order valence-electron chi connectivity index (χ2n) is 8.19. The van der Waals surface area contributed by atoms with E-state index in [1.165, 1.54) is 43.4 Å². The van der Waals surface area contributed by atoms with Crippen LogP contribution in [0.25, 0.3) is 11.3 Å². The molecule has 3 aromatic rings. The number of fused-ring (bicyclic) bond motifs is 1. The van der Waals surface area contributed by atoms with Crippen LogP contribution in [0.15, 0.2) is 41.1 Å². The van der Waals surface area contributed by atoms with Crippen LogP contribution < -0.4 is 0 Å². The summed E-state index contributed by atoms with van der Waals surface area (Å²) in [6, 6.07) is 9.64. The van der Waals surface area contributed by atoms with E-state index in [4.69, 9.17) is 26.1 Å². The topological polar surface area (TPSA) is 55.1 Å². The van der Waals surface area contributed by atoms with Gasteiger partial charge < -0.3 is 4.52 Å². The normalized spacial score (nSPS) is 18.0. The van der Waals surface area contributed by atoms with Gasteiger partial charge in [-0.05, 0) is 37.1 Å². The van der Waals surface area contributed by atoms with E-state index in [9.17, 15) is 0 Å². The predicted molar refractivity (Wildman–Crippen MR) is 113 cm³/mol. The first kappa shape index (κ1) is 18.8. The van der Waals surface area contributed by atoms with Gasteiger partial charge in [-0.2, -0.15) is 0 Å². The summed E-state index contributed by atoms with van der Waals surface area (Å²) in [4.78, 5) is 12.1. The van der Waals surface area contributed by atoms with Crippen LogP contribution in [0.3, 0.4) is 0 Å². The average molecular weight is 409 g/mol. The maximum absolute atomic E-state index is 5.97. The predicted octanol–water partition coefficient (Wildman–Crippen LogP) is 5.39. The maximum atomic E-state index is 5.97. The third-order valence-electron chi connectivity index (χ3n) is 6.08. The second-order valence-corrected chi connectivity index (χ2v) is 8.62. The van der Waals surface area contributed by atoms with E-state index in [0.29, 0.717) is 10.9 Å². The molecule has 0 saturated heterocycles. The van der Waals surface area contributed by atoms with Crippen molar-refractivity contribution in [1.29, 1.82) is 0 Å². The summed E-state index contributed by atoms with van der Waals surface area (Å²) >= 11 is 5.97. The van der Waals surface area contributed by atoms with Gasteiger partial charge in [0.1, 0.15) is 5.82 Å². The van der Waals surface area contributed by atoms with Gasteiger partial charge in [-0.3, -0.25) is 4.90 Å². The smallest absolute Gasteiger partial charge is 0.167 e. The lowest BCUT2D eigenvalue weighted by Crippen LogP contribution is -2.31. The number of hydrogen-bond donors (Lipinski definition) is 0. The molecule has 5 nitrogen and oxygen atoms in total. The minimum absolute atomic E-state index is 0.563. The molecular weight excluding hydrogens is 384 g/mol. The molecule has 2 aliphatic rings. The largest absolute Gasteiger partial charge is 0.356 e. The van der Waals surface area contributed by atoms with Crippen molar-refractivity contribution in [2.24, 2.45) is 0 Å². The molecule has 0 spiro atoms. The molecule has 0 unspecified atom stereocenters. The SMILES string of the molecule is Clc1ccc(-c2cc(CN3CCc4nc(C5CCCCC5)ncc4C3)no2)cc1. The van der Waals surface area contributed by atoms with E-state index in [1.807, 2.05) is 30.3 Å². The first-order valence-corrected chi connectivity index (χ1v) is 10.9. The van der Waals surface area contributed by atoms with Crippen molar-refractivity contribution >= 4 is 11.6 Å². The molecule has 1 saturated carbocycles. The molecule has 2 aromatic heterocycles. The summed E-state index contributed by atoms with van der Waals surface area (Å²) in [5.74, 6) is 2.41. The highest BCUT2D eigenvalue weighted by Gasteiger charge is 2.23. The fourth-order valence-corrected chi connectivity index (χ4v) is 4.57. The van der Waals surface area contributed by atoms with Gasteiger partial charge >= 0.3 is 0 Å². The van der Waals surface area contributed by atoms with Crippen LogP contribution in [-0.4, -0.2) is 26.6 Å². The minimum atomic E-state index is 0.563. The van der Waals surface area contributed by atoms with Crippen molar-refractivity contribution in [3.63, 3.8) is 0 Å². The molecule has 0 atom stereocenters. The van der Waals surface area contributed by atoms with Gasteiger partial charge in [0.15, 0.2) is 5.76 Å². The molecule has 1 aromatic carbocycles. The van der Waals surface area contributed by atoms with E-state index in [1.54, 1.807) is 0 Å². The van der Waals surface area contributed by atoms with Crippen molar-refractivity contribution in [3.05, 3.63) is 64.3 Å². The number of rotatable bonds is 4. The highest BCUT2D eigenvalue weighted by atomic mass is 35.5. The molecular formula is C23H25ClN4O. The molecule has 0 bridgehead atoms. The highest BCUT2D eigenvalue weighted by molar-refractivity contribution is 6.30. The van der Waals surface area contributed by atoms with E-state index in [2.05, 4.69) is 16.3 Å². The third-order valence-corrected chi connectivity index (χ3v) is 6.33. The zero-order valence-corrected chi connectivity index (χ0v) is 17.2. The van der Waals surface area contributed by atoms with Gasteiger partial charge in [-0.15, -0.1) is 0 Å². The zero-order valence-electron chi connectivity index (χ0n) is 16.5.